The van der Waals surface area contributed by atoms with Crippen LogP contribution in [0.25, 0.3) is 0 Å². The standard InChI is InChI=1S/C14H21F3N2O/c1-19(8-6-14(15,16)17)7-3-9-20-13-5-2-4-12(10-13)11-18/h2,4-5,10H,3,6-9,11,18H2,1H3. The van der Waals surface area contributed by atoms with E-state index in [1.165, 1.54) is 0 Å². The van der Waals surface area contributed by atoms with E-state index < -0.39 is 12.6 Å². The van der Waals surface area contributed by atoms with Gasteiger partial charge in [-0.25, -0.2) is 0 Å². The average molecular weight is 290 g/mol. The highest BCUT2D eigenvalue weighted by molar-refractivity contribution is 5.28. The van der Waals surface area contributed by atoms with Crippen molar-refractivity contribution in [3.8, 4) is 5.75 Å². The fourth-order valence-electron chi connectivity index (χ4n) is 1.72. The molecule has 0 amide bonds. The second-order valence-electron chi connectivity index (χ2n) is 4.72. The molecule has 0 radical (unpaired) electrons. The molecule has 114 valence electrons. The third-order valence-electron chi connectivity index (χ3n) is 2.86. The van der Waals surface area contributed by atoms with E-state index >= 15 is 0 Å². The molecule has 0 unspecified atom stereocenters. The number of hydrogen-bond donors (Lipinski definition) is 1. The van der Waals surface area contributed by atoms with E-state index in [2.05, 4.69) is 0 Å². The SMILES string of the molecule is CN(CCCOc1cccc(CN)c1)CCC(F)(F)F. The molecule has 0 heterocycles. The van der Waals surface area contributed by atoms with E-state index in [1.807, 2.05) is 24.3 Å². The first-order valence-electron chi connectivity index (χ1n) is 6.58. The first-order valence-corrected chi connectivity index (χ1v) is 6.58. The van der Waals surface area contributed by atoms with Crippen LogP contribution in [0.3, 0.4) is 0 Å². The van der Waals surface area contributed by atoms with E-state index in [-0.39, 0.29) is 6.54 Å². The molecule has 2 N–H and O–H groups in total. The van der Waals surface area contributed by atoms with Crippen molar-refractivity contribution in [1.29, 1.82) is 0 Å². The zero-order valence-electron chi connectivity index (χ0n) is 11.6. The van der Waals surface area contributed by atoms with Gasteiger partial charge in [-0.15, -0.1) is 0 Å². The third-order valence-corrected chi connectivity index (χ3v) is 2.86. The zero-order valence-corrected chi connectivity index (χ0v) is 11.6. The maximum atomic E-state index is 12.0. The molecule has 20 heavy (non-hydrogen) atoms. The smallest absolute Gasteiger partial charge is 0.390 e. The van der Waals surface area contributed by atoms with Crippen LogP contribution in [-0.4, -0.2) is 37.8 Å². The second kappa shape index (κ2) is 8.11. The molecule has 0 atom stereocenters. The topological polar surface area (TPSA) is 38.5 Å². The van der Waals surface area contributed by atoms with Crippen molar-refractivity contribution in [2.75, 3.05) is 26.7 Å². The molecule has 0 aliphatic rings. The number of hydrogen-bond acceptors (Lipinski definition) is 3. The molecule has 6 heteroatoms. The summed E-state index contributed by atoms with van der Waals surface area (Å²) in [6.45, 7) is 1.53. The van der Waals surface area contributed by atoms with E-state index in [4.69, 9.17) is 10.5 Å². The maximum absolute atomic E-state index is 12.0. The van der Waals surface area contributed by atoms with Gasteiger partial charge in [0.25, 0.3) is 0 Å². The van der Waals surface area contributed by atoms with E-state index in [9.17, 15) is 13.2 Å². The van der Waals surface area contributed by atoms with Gasteiger partial charge in [0.2, 0.25) is 0 Å². The van der Waals surface area contributed by atoms with Crippen molar-refractivity contribution in [3.63, 3.8) is 0 Å². The molecule has 3 nitrogen and oxygen atoms in total. The predicted octanol–water partition coefficient (Wildman–Crippen LogP) is 2.80. The Morgan fingerprint density at radius 1 is 1.25 bits per heavy atom. The van der Waals surface area contributed by atoms with Gasteiger partial charge >= 0.3 is 6.18 Å². The fraction of sp³-hybridized carbons (Fsp3) is 0.571. The van der Waals surface area contributed by atoms with Gasteiger partial charge in [-0.3, -0.25) is 0 Å². The van der Waals surface area contributed by atoms with Crippen LogP contribution in [-0.2, 0) is 6.54 Å². The molecule has 1 rings (SSSR count). The van der Waals surface area contributed by atoms with Crippen molar-refractivity contribution in [3.05, 3.63) is 29.8 Å². The number of halogens is 3. The highest BCUT2D eigenvalue weighted by atomic mass is 19.4. The van der Waals surface area contributed by atoms with Crippen LogP contribution in [0.1, 0.15) is 18.4 Å². The van der Waals surface area contributed by atoms with E-state index in [0.29, 0.717) is 26.1 Å². The number of nitrogens with zero attached hydrogens (tertiary/aromatic N) is 1. The van der Waals surface area contributed by atoms with Gasteiger partial charge < -0.3 is 15.4 Å². The molecule has 0 saturated carbocycles. The Kier molecular flexibility index (Phi) is 6.81. The zero-order chi connectivity index (χ0) is 15.0. The van der Waals surface area contributed by atoms with Gasteiger partial charge in [0, 0.05) is 19.6 Å². The Morgan fingerprint density at radius 3 is 2.65 bits per heavy atom. The lowest BCUT2D eigenvalue weighted by atomic mass is 10.2. The minimum absolute atomic E-state index is 0.0200. The summed E-state index contributed by atoms with van der Waals surface area (Å²) in [4.78, 5) is 1.66. The predicted molar refractivity (Wildman–Crippen MR) is 72.6 cm³/mol. The Hall–Kier alpha value is -1.27. The molecule has 0 saturated heterocycles. The van der Waals surface area contributed by atoms with Crippen molar-refractivity contribution in [2.45, 2.75) is 25.6 Å². The highest BCUT2D eigenvalue weighted by Gasteiger charge is 2.26. The van der Waals surface area contributed by atoms with Crippen LogP contribution < -0.4 is 10.5 Å². The van der Waals surface area contributed by atoms with Gasteiger partial charge in [-0.2, -0.15) is 13.2 Å². The summed E-state index contributed by atoms with van der Waals surface area (Å²) in [5.41, 5.74) is 6.52. The molecular weight excluding hydrogens is 269 g/mol. The first-order chi connectivity index (χ1) is 9.40. The largest absolute Gasteiger partial charge is 0.494 e. The highest BCUT2D eigenvalue weighted by Crippen LogP contribution is 2.19. The minimum Gasteiger partial charge on any atom is -0.494 e. The molecule has 1 aromatic carbocycles. The van der Waals surface area contributed by atoms with Gasteiger partial charge in [0.15, 0.2) is 0 Å². The van der Waals surface area contributed by atoms with Crippen molar-refractivity contribution < 1.29 is 17.9 Å². The lowest BCUT2D eigenvalue weighted by Crippen LogP contribution is -2.26. The van der Waals surface area contributed by atoms with Crippen molar-refractivity contribution in [2.24, 2.45) is 5.73 Å². The Balaban J connectivity index is 2.18. The fourth-order valence-corrected chi connectivity index (χ4v) is 1.72. The maximum Gasteiger partial charge on any atom is 0.390 e. The van der Waals surface area contributed by atoms with Crippen LogP contribution >= 0.6 is 0 Å². The van der Waals surface area contributed by atoms with Crippen LogP contribution in [0.5, 0.6) is 5.75 Å². The third kappa shape index (κ3) is 7.35. The van der Waals surface area contributed by atoms with Crippen LogP contribution in [0, 0.1) is 0 Å². The van der Waals surface area contributed by atoms with Crippen molar-refractivity contribution >= 4 is 0 Å². The molecule has 0 aliphatic heterocycles. The molecule has 1 aromatic rings. The molecule has 0 aromatic heterocycles. The quantitative estimate of drug-likeness (QED) is 0.748. The van der Waals surface area contributed by atoms with Gasteiger partial charge in [-0.1, -0.05) is 12.1 Å². The first kappa shape index (κ1) is 16.8. The molecule has 0 spiro atoms. The molecule has 0 fully saturated rings. The number of benzene rings is 1. The summed E-state index contributed by atoms with van der Waals surface area (Å²) in [7, 11) is 1.68. The molecule has 0 bridgehead atoms. The Bertz CT molecular complexity index is 396. The lowest BCUT2D eigenvalue weighted by molar-refractivity contribution is -0.137. The number of rotatable bonds is 8. The van der Waals surface area contributed by atoms with Gasteiger partial charge in [-0.05, 0) is 31.2 Å². The van der Waals surface area contributed by atoms with E-state index in [0.717, 1.165) is 11.3 Å². The van der Waals surface area contributed by atoms with Crippen molar-refractivity contribution in [1.82, 2.24) is 4.90 Å². The lowest BCUT2D eigenvalue weighted by Gasteiger charge is -2.17. The summed E-state index contributed by atoms with van der Waals surface area (Å²) in [6.07, 6.45) is -4.18. The van der Waals surface area contributed by atoms with Crippen LogP contribution in [0.15, 0.2) is 24.3 Å². The minimum atomic E-state index is -4.09. The average Bonchev–Trinajstić information content (AvgIpc) is 2.41. The summed E-state index contributed by atoms with van der Waals surface area (Å²) >= 11 is 0. The number of ether oxygens (including phenoxy) is 1. The number of alkyl halides is 3. The summed E-state index contributed by atoms with van der Waals surface area (Å²) in [5.74, 6) is 0.742. The van der Waals surface area contributed by atoms with E-state index in [1.54, 1.807) is 11.9 Å². The monoisotopic (exact) mass is 290 g/mol. The summed E-state index contributed by atoms with van der Waals surface area (Å²) in [5, 5.41) is 0. The van der Waals surface area contributed by atoms with Crippen LogP contribution in [0.4, 0.5) is 13.2 Å². The normalized spacial score (nSPS) is 11.9. The Morgan fingerprint density at radius 2 is 2.00 bits per heavy atom. The Labute approximate surface area is 117 Å². The summed E-state index contributed by atoms with van der Waals surface area (Å²) in [6, 6.07) is 7.49. The molecular formula is C14H21F3N2O. The molecule has 0 aliphatic carbocycles. The number of nitrogens with two attached hydrogens (primary N) is 1. The van der Waals surface area contributed by atoms with Gasteiger partial charge in [0.1, 0.15) is 5.75 Å². The summed E-state index contributed by atoms with van der Waals surface area (Å²) < 4.78 is 41.6. The van der Waals surface area contributed by atoms with Gasteiger partial charge in [0.05, 0.1) is 13.0 Å². The van der Waals surface area contributed by atoms with Crippen LogP contribution in [0.2, 0.25) is 0 Å². The second-order valence-corrected chi connectivity index (χ2v) is 4.72.